The van der Waals surface area contributed by atoms with E-state index in [1.807, 2.05) is 0 Å². The van der Waals surface area contributed by atoms with Gasteiger partial charge in [0.1, 0.15) is 0 Å². The van der Waals surface area contributed by atoms with Crippen molar-refractivity contribution in [2.75, 3.05) is 44.8 Å². The summed E-state index contributed by atoms with van der Waals surface area (Å²) in [7, 11) is 0. The van der Waals surface area contributed by atoms with Crippen LogP contribution in [0.2, 0.25) is 0 Å². The second-order valence-corrected chi connectivity index (χ2v) is 18.8. The molecule has 0 amide bonds. The van der Waals surface area contributed by atoms with E-state index in [-0.39, 0.29) is 17.9 Å². The van der Waals surface area contributed by atoms with Crippen molar-refractivity contribution in [3.63, 3.8) is 0 Å². The Balaban J connectivity index is 4.32. The lowest BCUT2D eigenvalue weighted by Crippen LogP contribution is -2.27. The van der Waals surface area contributed by atoms with E-state index in [9.17, 15) is 14.4 Å². The van der Waals surface area contributed by atoms with E-state index in [0.717, 1.165) is 82.8 Å². The standard InChI is InChI=1S/C52H100BrNO6/c1-5-9-21-32-48(33-22-10-6-2)39-46-59-50(55)36-25-17-13-15-19-27-42-54(44-29-30-45-58-52(57)38-31-41-53)43-28-20-16-14-18-26-37-51(56)60-47-40-49(34-23-11-7-3)35-24-12-8-4/h48-49H,5-47H2,1-4H3. The zero-order chi connectivity index (χ0) is 44.0. The minimum atomic E-state index is -0.0842. The lowest BCUT2D eigenvalue weighted by Gasteiger charge is -2.22. The van der Waals surface area contributed by atoms with Gasteiger partial charge in [0.05, 0.1) is 19.8 Å². The monoisotopic (exact) mass is 914 g/mol. The Morgan fingerprint density at radius 2 is 0.683 bits per heavy atom. The lowest BCUT2D eigenvalue weighted by atomic mass is 9.92. The molecule has 0 unspecified atom stereocenters. The summed E-state index contributed by atoms with van der Waals surface area (Å²) in [6.45, 7) is 14.1. The molecule has 0 radical (unpaired) electrons. The fourth-order valence-corrected chi connectivity index (χ4v) is 8.57. The Kier molecular flexibility index (Phi) is 46.4. The SMILES string of the molecule is CCCCCC(CCCCC)CCOC(=O)CCCCCCCCN(CCCCCCCCC(=O)OCCC(CCCCC)CCCCC)CCCCOC(=O)CCCBr. The summed E-state index contributed by atoms with van der Waals surface area (Å²) in [4.78, 5) is 39.3. The van der Waals surface area contributed by atoms with Gasteiger partial charge in [-0.1, -0.05) is 198 Å². The van der Waals surface area contributed by atoms with Gasteiger partial charge in [-0.3, -0.25) is 14.4 Å². The third kappa shape index (κ3) is 42.2. The van der Waals surface area contributed by atoms with Crippen molar-refractivity contribution < 1.29 is 28.6 Å². The number of esters is 3. The van der Waals surface area contributed by atoms with Gasteiger partial charge in [-0.2, -0.15) is 0 Å². The molecule has 0 aromatic heterocycles. The van der Waals surface area contributed by atoms with E-state index >= 15 is 0 Å². The first-order chi connectivity index (χ1) is 29.4. The molecular weight excluding hydrogens is 814 g/mol. The van der Waals surface area contributed by atoms with Gasteiger partial charge < -0.3 is 19.1 Å². The third-order valence-electron chi connectivity index (χ3n) is 12.3. The number of nitrogens with zero attached hydrogens (tertiary/aromatic N) is 1. The van der Waals surface area contributed by atoms with Crippen LogP contribution < -0.4 is 0 Å². The molecule has 60 heavy (non-hydrogen) atoms. The highest BCUT2D eigenvalue weighted by Crippen LogP contribution is 2.23. The first kappa shape index (κ1) is 58.9. The quantitative estimate of drug-likeness (QED) is 0.0260. The van der Waals surface area contributed by atoms with Crippen molar-refractivity contribution in [3.8, 4) is 0 Å². The Bertz CT molecular complexity index is 856. The van der Waals surface area contributed by atoms with E-state index in [2.05, 4.69) is 48.5 Å². The van der Waals surface area contributed by atoms with Crippen LogP contribution in [0.1, 0.15) is 259 Å². The van der Waals surface area contributed by atoms with Gasteiger partial charge in [-0.05, 0) is 89.3 Å². The molecule has 356 valence electrons. The minimum absolute atomic E-state index is 0.00927. The summed E-state index contributed by atoms with van der Waals surface area (Å²) in [5.41, 5.74) is 0. The van der Waals surface area contributed by atoms with Crippen LogP contribution in [0.25, 0.3) is 0 Å². The summed E-state index contributed by atoms with van der Waals surface area (Å²) in [6.07, 6.45) is 40.8. The number of alkyl halides is 1. The van der Waals surface area contributed by atoms with Crippen LogP contribution in [0.4, 0.5) is 0 Å². The van der Waals surface area contributed by atoms with Crippen molar-refractivity contribution in [2.45, 2.75) is 259 Å². The number of unbranched alkanes of at least 4 members (excludes halogenated alkanes) is 19. The summed E-state index contributed by atoms with van der Waals surface area (Å²) >= 11 is 3.38. The number of rotatable bonds is 48. The molecule has 0 rings (SSSR count). The van der Waals surface area contributed by atoms with Crippen LogP contribution in [0.3, 0.4) is 0 Å². The molecule has 0 aliphatic rings. The summed E-state index contributed by atoms with van der Waals surface area (Å²) in [5.74, 6) is 1.31. The van der Waals surface area contributed by atoms with Crippen LogP contribution >= 0.6 is 15.9 Å². The van der Waals surface area contributed by atoms with E-state index in [1.165, 1.54) is 154 Å². The Hall–Kier alpha value is -1.15. The molecule has 0 aromatic rings. The highest BCUT2D eigenvalue weighted by Gasteiger charge is 2.13. The Morgan fingerprint density at radius 1 is 0.367 bits per heavy atom. The fourth-order valence-electron chi connectivity index (χ4n) is 8.29. The maximum absolute atomic E-state index is 12.4. The number of ether oxygens (including phenoxy) is 3. The molecule has 0 saturated carbocycles. The predicted molar refractivity (Wildman–Crippen MR) is 259 cm³/mol. The van der Waals surface area contributed by atoms with Crippen LogP contribution in [0, 0.1) is 11.8 Å². The molecule has 0 bridgehead atoms. The number of hydrogen-bond acceptors (Lipinski definition) is 7. The molecule has 0 heterocycles. The summed E-state index contributed by atoms with van der Waals surface area (Å²) in [6, 6.07) is 0. The molecule has 0 aliphatic heterocycles. The van der Waals surface area contributed by atoms with E-state index in [1.54, 1.807) is 0 Å². The molecular formula is C52H100BrNO6. The van der Waals surface area contributed by atoms with Gasteiger partial charge in [-0.25, -0.2) is 0 Å². The zero-order valence-corrected chi connectivity index (χ0v) is 41.9. The third-order valence-corrected chi connectivity index (χ3v) is 12.9. The highest BCUT2D eigenvalue weighted by molar-refractivity contribution is 9.09. The van der Waals surface area contributed by atoms with Crippen LogP contribution in [0.15, 0.2) is 0 Å². The Labute approximate surface area is 381 Å². The number of carbonyl (C=O) groups is 3. The van der Waals surface area contributed by atoms with Gasteiger partial charge >= 0.3 is 17.9 Å². The summed E-state index contributed by atoms with van der Waals surface area (Å²) < 4.78 is 16.7. The maximum atomic E-state index is 12.4. The Morgan fingerprint density at radius 3 is 1.05 bits per heavy atom. The smallest absolute Gasteiger partial charge is 0.305 e. The van der Waals surface area contributed by atoms with Gasteiger partial charge in [0.15, 0.2) is 0 Å². The van der Waals surface area contributed by atoms with Crippen LogP contribution in [0.5, 0.6) is 0 Å². The van der Waals surface area contributed by atoms with Crippen LogP contribution in [-0.4, -0.2) is 67.6 Å². The number of halogens is 1. The van der Waals surface area contributed by atoms with Crippen molar-refractivity contribution in [1.82, 2.24) is 4.90 Å². The van der Waals surface area contributed by atoms with Gasteiger partial charge in [-0.15, -0.1) is 0 Å². The van der Waals surface area contributed by atoms with Crippen LogP contribution in [-0.2, 0) is 28.6 Å². The maximum Gasteiger partial charge on any atom is 0.305 e. The second kappa shape index (κ2) is 47.3. The topological polar surface area (TPSA) is 82.1 Å². The molecule has 0 fully saturated rings. The zero-order valence-electron chi connectivity index (χ0n) is 40.3. The normalized spacial score (nSPS) is 11.6. The first-order valence-corrected chi connectivity index (χ1v) is 27.3. The highest BCUT2D eigenvalue weighted by atomic mass is 79.9. The molecule has 0 aromatic carbocycles. The molecule has 0 saturated heterocycles. The molecule has 0 atom stereocenters. The molecule has 0 N–H and O–H groups in total. The van der Waals surface area contributed by atoms with E-state index in [0.29, 0.717) is 50.9 Å². The number of carbonyl (C=O) groups excluding carboxylic acids is 3. The number of hydrogen-bond donors (Lipinski definition) is 0. The first-order valence-electron chi connectivity index (χ1n) is 26.1. The molecule has 0 spiro atoms. The second-order valence-electron chi connectivity index (χ2n) is 18.0. The van der Waals surface area contributed by atoms with Crippen molar-refractivity contribution >= 4 is 33.8 Å². The van der Waals surface area contributed by atoms with Gasteiger partial charge in [0.2, 0.25) is 0 Å². The molecule has 0 aliphatic carbocycles. The summed E-state index contributed by atoms with van der Waals surface area (Å²) in [5, 5.41) is 0.832. The molecule has 7 nitrogen and oxygen atoms in total. The fraction of sp³-hybridized carbons (Fsp3) is 0.942. The van der Waals surface area contributed by atoms with Gasteiger partial charge in [0.25, 0.3) is 0 Å². The van der Waals surface area contributed by atoms with Gasteiger partial charge in [0, 0.05) is 24.6 Å². The minimum Gasteiger partial charge on any atom is -0.466 e. The van der Waals surface area contributed by atoms with E-state index in [4.69, 9.17) is 14.2 Å². The lowest BCUT2D eigenvalue weighted by molar-refractivity contribution is -0.145. The largest absolute Gasteiger partial charge is 0.466 e. The van der Waals surface area contributed by atoms with Crippen molar-refractivity contribution in [3.05, 3.63) is 0 Å². The van der Waals surface area contributed by atoms with Crippen molar-refractivity contribution in [1.29, 1.82) is 0 Å². The predicted octanol–water partition coefficient (Wildman–Crippen LogP) is 15.7. The molecule has 8 heteroatoms. The van der Waals surface area contributed by atoms with E-state index < -0.39 is 0 Å². The average molecular weight is 915 g/mol. The van der Waals surface area contributed by atoms with Crippen molar-refractivity contribution in [2.24, 2.45) is 11.8 Å². The average Bonchev–Trinajstić information content (AvgIpc) is 3.24.